The van der Waals surface area contributed by atoms with E-state index >= 15 is 0 Å². The van der Waals surface area contributed by atoms with E-state index in [1.54, 1.807) is 18.2 Å². The zero-order valence-corrected chi connectivity index (χ0v) is 10.9. The van der Waals surface area contributed by atoms with Crippen LogP contribution in [0.4, 0.5) is 8.78 Å². The second-order valence-corrected chi connectivity index (χ2v) is 3.99. The Balaban J connectivity index is 2.15. The third-order valence-electron chi connectivity index (χ3n) is 2.81. The quantitative estimate of drug-likeness (QED) is 0.883. The van der Waals surface area contributed by atoms with E-state index in [1.807, 2.05) is 0 Å². The average molecular weight is 283 g/mol. The predicted molar refractivity (Wildman–Crippen MR) is 68.7 cm³/mol. The van der Waals surface area contributed by atoms with Crippen molar-refractivity contribution in [2.75, 3.05) is 7.11 Å². The maximum Gasteiger partial charge on any atom is 0.320 e. The van der Waals surface area contributed by atoms with Crippen LogP contribution in [0.5, 0.6) is 11.5 Å². The van der Waals surface area contributed by atoms with Crippen LogP contribution in [-0.2, 0) is 13.2 Å². The summed E-state index contributed by atoms with van der Waals surface area (Å²) in [7, 11) is 1.53. The van der Waals surface area contributed by atoms with Crippen molar-refractivity contribution in [3.05, 3.63) is 42.0 Å². The van der Waals surface area contributed by atoms with Gasteiger partial charge < -0.3 is 15.2 Å². The van der Waals surface area contributed by atoms with Crippen LogP contribution in [0, 0.1) is 0 Å². The van der Waals surface area contributed by atoms with Crippen molar-refractivity contribution in [2.45, 2.75) is 19.7 Å². The lowest BCUT2D eigenvalue weighted by Crippen LogP contribution is -2.09. The molecule has 0 saturated carbocycles. The zero-order chi connectivity index (χ0) is 14.5. The van der Waals surface area contributed by atoms with Crippen molar-refractivity contribution in [2.24, 2.45) is 5.73 Å². The summed E-state index contributed by atoms with van der Waals surface area (Å²) in [5.41, 5.74) is 6.37. The first kappa shape index (κ1) is 14.3. The minimum Gasteiger partial charge on any atom is -0.497 e. The molecule has 0 saturated heterocycles. The van der Waals surface area contributed by atoms with E-state index < -0.39 is 6.55 Å². The van der Waals surface area contributed by atoms with E-state index in [-0.39, 0.29) is 19.0 Å². The van der Waals surface area contributed by atoms with E-state index in [1.165, 1.54) is 19.5 Å². The Morgan fingerprint density at radius 2 is 2.20 bits per heavy atom. The highest BCUT2D eigenvalue weighted by atomic mass is 19.3. The molecule has 108 valence electrons. The molecule has 2 aromatic rings. The summed E-state index contributed by atoms with van der Waals surface area (Å²) in [6, 6.07) is 5.20. The van der Waals surface area contributed by atoms with Gasteiger partial charge in [-0.3, -0.25) is 4.57 Å². The maximum atomic E-state index is 12.7. The van der Waals surface area contributed by atoms with E-state index in [0.717, 1.165) is 10.1 Å². The molecular formula is C13H15F2N3O2. The van der Waals surface area contributed by atoms with Crippen molar-refractivity contribution >= 4 is 0 Å². The van der Waals surface area contributed by atoms with Crippen molar-refractivity contribution in [3.8, 4) is 11.5 Å². The highest BCUT2D eigenvalue weighted by molar-refractivity contribution is 5.40. The molecule has 1 aromatic heterocycles. The Morgan fingerprint density at radius 1 is 1.40 bits per heavy atom. The second-order valence-electron chi connectivity index (χ2n) is 3.99. The van der Waals surface area contributed by atoms with Gasteiger partial charge in [-0.1, -0.05) is 6.07 Å². The summed E-state index contributed by atoms with van der Waals surface area (Å²) in [5.74, 6) is 1.25. The third kappa shape index (κ3) is 3.05. The SMILES string of the molecule is COc1ccc(CN)c(OCc2nccn2C(F)F)c1. The summed E-state index contributed by atoms with van der Waals surface area (Å²) in [6.07, 6.45) is 2.51. The molecule has 0 unspecified atom stereocenters. The van der Waals surface area contributed by atoms with Gasteiger partial charge in [-0.05, 0) is 6.07 Å². The van der Waals surface area contributed by atoms with Gasteiger partial charge in [0.25, 0.3) is 0 Å². The fourth-order valence-electron chi connectivity index (χ4n) is 1.74. The molecule has 20 heavy (non-hydrogen) atoms. The molecule has 1 heterocycles. The summed E-state index contributed by atoms with van der Waals surface area (Å²) in [6.45, 7) is -2.43. The van der Waals surface area contributed by atoms with Gasteiger partial charge in [0.2, 0.25) is 0 Å². The molecule has 0 aliphatic rings. The fraction of sp³-hybridized carbons (Fsp3) is 0.308. The van der Waals surface area contributed by atoms with Crippen LogP contribution in [0.25, 0.3) is 0 Å². The van der Waals surface area contributed by atoms with Crippen LogP contribution in [0.2, 0.25) is 0 Å². The predicted octanol–water partition coefficient (Wildman–Crippen LogP) is 2.32. The maximum absolute atomic E-state index is 12.7. The Kier molecular flexibility index (Phi) is 4.52. The molecule has 2 rings (SSSR count). The van der Waals surface area contributed by atoms with Gasteiger partial charge in [0.05, 0.1) is 7.11 Å². The number of nitrogens with two attached hydrogens (primary N) is 1. The smallest absolute Gasteiger partial charge is 0.320 e. The highest BCUT2D eigenvalue weighted by Gasteiger charge is 2.13. The molecular weight excluding hydrogens is 268 g/mol. The number of ether oxygens (including phenoxy) is 2. The molecule has 0 amide bonds. The van der Waals surface area contributed by atoms with Crippen LogP contribution in [0.3, 0.4) is 0 Å². The lowest BCUT2D eigenvalue weighted by atomic mass is 10.2. The Hall–Kier alpha value is -2.15. The number of methoxy groups -OCH3 is 1. The first-order valence-corrected chi connectivity index (χ1v) is 5.95. The Labute approximate surface area is 114 Å². The molecule has 1 aromatic carbocycles. The summed E-state index contributed by atoms with van der Waals surface area (Å²) in [4.78, 5) is 3.85. The lowest BCUT2D eigenvalue weighted by molar-refractivity contribution is 0.0632. The summed E-state index contributed by atoms with van der Waals surface area (Å²) >= 11 is 0. The van der Waals surface area contributed by atoms with Gasteiger partial charge in [0, 0.05) is 30.6 Å². The van der Waals surface area contributed by atoms with E-state index in [9.17, 15) is 8.78 Å². The number of rotatable bonds is 6. The number of hydrogen-bond donors (Lipinski definition) is 1. The van der Waals surface area contributed by atoms with Crippen molar-refractivity contribution < 1.29 is 18.3 Å². The number of benzene rings is 1. The van der Waals surface area contributed by atoms with E-state index in [2.05, 4.69) is 4.98 Å². The molecule has 0 atom stereocenters. The largest absolute Gasteiger partial charge is 0.497 e. The van der Waals surface area contributed by atoms with Gasteiger partial charge in [-0.2, -0.15) is 8.78 Å². The molecule has 0 bridgehead atoms. The van der Waals surface area contributed by atoms with E-state index in [0.29, 0.717) is 11.5 Å². The molecule has 0 aliphatic heterocycles. The van der Waals surface area contributed by atoms with E-state index in [4.69, 9.17) is 15.2 Å². The second kappa shape index (κ2) is 6.33. The van der Waals surface area contributed by atoms with Gasteiger partial charge in [-0.15, -0.1) is 0 Å². The molecule has 0 radical (unpaired) electrons. The molecule has 0 spiro atoms. The molecule has 5 nitrogen and oxygen atoms in total. The molecule has 0 aliphatic carbocycles. The van der Waals surface area contributed by atoms with Crippen LogP contribution >= 0.6 is 0 Å². The normalized spacial score (nSPS) is 10.8. The minimum atomic E-state index is -2.64. The Bertz CT molecular complexity index is 572. The van der Waals surface area contributed by atoms with Gasteiger partial charge in [0.1, 0.15) is 18.1 Å². The van der Waals surface area contributed by atoms with Crippen LogP contribution < -0.4 is 15.2 Å². The number of alkyl halides is 2. The standard InChI is InChI=1S/C13H15F2N3O2/c1-19-10-3-2-9(7-16)11(6-10)20-8-12-17-4-5-18(12)13(14)15/h2-6,13H,7-8,16H2,1H3. The van der Waals surface area contributed by atoms with Gasteiger partial charge in [0.15, 0.2) is 5.82 Å². The number of halogens is 2. The monoisotopic (exact) mass is 283 g/mol. The van der Waals surface area contributed by atoms with Gasteiger partial charge in [-0.25, -0.2) is 4.98 Å². The van der Waals surface area contributed by atoms with Crippen LogP contribution in [0.15, 0.2) is 30.6 Å². The zero-order valence-electron chi connectivity index (χ0n) is 10.9. The number of hydrogen-bond acceptors (Lipinski definition) is 4. The lowest BCUT2D eigenvalue weighted by Gasteiger charge is -2.12. The van der Waals surface area contributed by atoms with Crippen molar-refractivity contribution in [1.29, 1.82) is 0 Å². The number of aromatic nitrogens is 2. The summed E-state index contributed by atoms with van der Waals surface area (Å²) in [5, 5.41) is 0. The topological polar surface area (TPSA) is 62.3 Å². The van der Waals surface area contributed by atoms with Crippen molar-refractivity contribution in [3.63, 3.8) is 0 Å². The number of nitrogens with zero attached hydrogens (tertiary/aromatic N) is 2. The first-order chi connectivity index (χ1) is 9.65. The van der Waals surface area contributed by atoms with Crippen molar-refractivity contribution in [1.82, 2.24) is 9.55 Å². The average Bonchev–Trinajstić information content (AvgIpc) is 2.93. The molecule has 2 N–H and O–H groups in total. The molecule has 7 heteroatoms. The minimum absolute atomic E-state index is 0.0719. The Morgan fingerprint density at radius 3 is 2.85 bits per heavy atom. The highest BCUT2D eigenvalue weighted by Crippen LogP contribution is 2.25. The fourth-order valence-corrected chi connectivity index (χ4v) is 1.74. The van der Waals surface area contributed by atoms with Crippen LogP contribution in [-0.4, -0.2) is 16.7 Å². The summed E-state index contributed by atoms with van der Waals surface area (Å²) < 4.78 is 36.7. The van der Waals surface area contributed by atoms with Crippen LogP contribution in [0.1, 0.15) is 17.9 Å². The van der Waals surface area contributed by atoms with Gasteiger partial charge >= 0.3 is 6.55 Å². The molecule has 0 fully saturated rings. The number of imidazole rings is 1. The first-order valence-electron chi connectivity index (χ1n) is 5.95. The third-order valence-corrected chi connectivity index (χ3v) is 2.81.